The molecule has 0 radical (unpaired) electrons. The topological polar surface area (TPSA) is 105 Å². The molecule has 1 aromatic heterocycles. The number of rotatable bonds is 3. The van der Waals surface area contributed by atoms with Gasteiger partial charge in [0.15, 0.2) is 0 Å². The largest absolute Gasteiger partial charge is 0.480 e. The van der Waals surface area contributed by atoms with Crippen LogP contribution in [0.4, 0.5) is 0 Å². The number of aromatic nitrogens is 2. The summed E-state index contributed by atoms with van der Waals surface area (Å²) in [5, 5.41) is 17.8. The molecule has 0 spiro atoms. The summed E-state index contributed by atoms with van der Waals surface area (Å²) in [6.45, 7) is -0.423. The first-order chi connectivity index (χ1) is 7.66. The van der Waals surface area contributed by atoms with Crippen LogP contribution in [0.25, 0.3) is 11.0 Å². The summed E-state index contributed by atoms with van der Waals surface area (Å²) in [5.74, 6) is -1.58. The van der Waals surface area contributed by atoms with Gasteiger partial charge < -0.3 is 10.4 Å². The van der Waals surface area contributed by atoms with Crippen LogP contribution in [-0.2, 0) is 4.79 Å². The Morgan fingerprint density at radius 2 is 2.06 bits per heavy atom. The highest BCUT2D eigenvalue weighted by atomic mass is 16.6. The van der Waals surface area contributed by atoms with Crippen molar-refractivity contribution in [3.8, 4) is 0 Å². The van der Waals surface area contributed by atoms with Crippen LogP contribution in [0.3, 0.4) is 0 Å². The number of carboxylic acids is 1. The van der Waals surface area contributed by atoms with Crippen molar-refractivity contribution in [2.24, 2.45) is 0 Å². The van der Waals surface area contributed by atoms with Crippen molar-refractivity contribution in [2.45, 2.75) is 0 Å². The molecule has 1 amide bonds. The van der Waals surface area contributed by atoms with Gasteiger partial charge in [-0.3, -0.25) is 9.59 Å². The molecule has 2 rings (SSSR count). The lowest BCUT2D eigenvalue weighted by Gasteiger charge is -2.00. The molecule has 0 unspecified atom stereocenters. The molecule has 0 bridgehead atoms. The molecule has 82 valence electrons. The zero-order valence-corrected chi connectivity index (χ0v) is 8.01. The fraction of sp³-hybridized carbons (Fsp3) is 0.111. The minimum atomic E-state index is -1.10. The molecule has 0 aliphatic heterocycles. The van der Waals surface area contributed by atoms with Gasteiger partial charge in [-0.05, 0) is 28.5 Å². The van der Waals surface area contributed by atoms with Crippen molar-refractivity contribution in [1.82, 2.24) is 15.6 Å². The standard InChI is InChI=1S/C9H7N3O4/c13-8(14)4-10-9(15)5-1-2-6-7(3-5)12-16-11-6/h1-3H,4H2,(H,10,15)(H,13,14). The van der Waals surface area contributed by atoms with Crippen LogP contribution >= 0.6 is 0 Å². The highest BCUT2D eigenvalue weighted by Crippen LogP contribution is 2.11. The van der Waals surface area contributed by atoms with Gasteiger partial charge in [0.05, 0.1) is 0 Å². The summed E-state index contributed by atoms with van der Waals surface area (Å²) < 4.78 is 4.47. The Balaban J connectivity index is 2.19. The van der Waals surface area contributed by atoms with E-state index >= 15 is 0 Å². The van der Waals surface area contributed by atoms with Crippen molar-refractivity contribution >= 4 is 22.9 Å². The van der Waals surface area contributed by atoms with Crippen molar-refractivity contribution in [3.05, 3.63) is 23.8 Å². The maximum absolute atomic E-state index is 11.5. The lowest BCUT2D eigenvalue weighted by atomic mass is 10.2. The van der Waals surface area contributed by atoms with Gasteiger partial charge >= 0.3 is 5.97 Å². The number of carbonyl (C=O) groups excluding carboxylic acids is 1. The number of amides is 1. The SMILES string of the molecule is O=C(O)CNC(=O)c1ccc2nonc2c1. The smallest absolute Gasteiger partial charge is 0.322 e. The Morgan fingerprint density at radius 3 is 2.81 bits per heavy atom. The van der Waals surface area contributed by atoms with Crippen molar-refractivity contribution in [1.29, 1.82) is 0 Å². The van der Waals surface area contributed by atoms with Crippen molar-refractivity contribution < 1.29 is 19.3 Å². The van der Waals surface area contributed by atoms with E-state index in [9.17, 15) is 9.59 Å². The molecule has 0 fully saturated rings. The summed E-state index contributed by atoms with van der Waals surface area (Å²) in [6, 6.07) is 4.56. The molecule has 7 heteroatoms. The Morgan fingerprint density at radius 1 is 1.31 bits per heavy atom. The third kappa shape index (κ3) is 1.97. The maximum Gasteiger partial charge on any atom is 0.322 e. The number of carboxylic acid groups (broad SMARTS) is 1. The molecule has 0 aliphatic rings. The third-order valence-electron chi connectivity index (χ3n) is 1.92. The lowest BCUT2D eigenvalue weighted by Crippen LogP contribution is -2.29. The molecule has 0 saturated carbocycles. The van der Waals surface area contributed by atoms with Gasteiger partial charge in [0.25, 0.3) is 5.91 Å². The molecule has 2 N–H and O–H groups in total. The minimum absolute atomic E-state index is 0.310. The summed E-state index contributed by atoms with van der Waals surface area (Å²) in [7, 11) is 0. The van der Waals surface area contributed by atoms with Crippen LogP contribution in [0.1, 0.15) is 10.4 Å². The predicted octanol–water partition coefficient (Wildman–Crippen LogP) is 0.0372. The molecular formula is C9H7N3O4. The number of benzene rings is 1. The fourth-order valence-corrected chi connectivity index (χ4v) is 1.18. The van der Waals surface area contributed by atoms with Gasteiger partial charge in [0, 0.05) is 5.56 Å². The van der Waals surface area contributed by atoms with E-state index in [-0.39, 0.29) is 0 Å². The third-order valence-corrected chi connectivity index (χ3v) is 1.92. The van der Waals surface area contributed by atoms with Crippen LogP contribution < -0.4 is 5.32 Å². The number of fused-ring (bicyclic) bond motifs is 1. The fourth-order valence-electron chi connectivity index (χ4n) is 1.18. The normalized spacial score (nSPS) is 10.2. The van der Waals surface area contributed by atoms with Gasteiger partial charge in [-0.25, -0.2) is 4.63 Å². The zero-order chi connectivity index (χ0) is 11.5. The Kier molecular flexibility index (Phi) is 2.50. The molecule has 16 heavy (non-hydrogen) atoms. The first-order valence-corrected chi connectivity index (χ1v) is 4.39. The lowest BCUT2D eigenvalue weighted by molar-refractivity contribution is -0.135. The Hall–Kier alpha value is -2.44. The molecule has 0 saturated heterocycles. The monoisotopic (exact) mass is 221 g/mol. The average Bonchev–Trinajstić information content (AvgIpc) is 2.72. The van der Waals surface area contributed by atoms with Gasteiger partial charge in [-0.15, -0.1) is 0 Å². The first kappa shape index (κ1) is 10.1. The van der Waals surface area contributed by atoms with Crippen LogP contribution in [0.5, 0.6) is 0 Å². The highest BCUT2D eigenvalue weighted by Gasteiger charge is 2.09. The number of aliphatic carboxylic acids is 1. The molecule has 1 heterocycles. The second-order valence-corrected chi connectivity index (χ2v) is 3.04. The molecule has 7 nitrogen and oxygen atoms in total. The number of nitrogens with one attached hydrogen (secondary N) is 1. The second-order valence-electron chi connectivity index (χ2n) is 3.04. The summed E-state index contributed by atoms with van der Waals surface area (Å²) in [5.41, 5.74) is 1.29. The zero-order valence-electron chi connectivity index (χ0n) is 8.01. The second kappa shape index (κ2) is 3.97. The van der Waals surface area contributed by atoms with Crippen molar-refractivity contribution in [2.75, 3.05) is 6.54 Å². The van der Waals surface area contributed by atoms with E-state index in [0.29, 0.717) is 16.6 Å². The van der Waals surface area contributed by atoms with Crippen molar-refractivity contribution in [3.63, 3.8) is 0 Å². The number of carbonyl (C=O) groups is 2. The predicted molar refractivity (Wildman–Crippen MR) is 51.8 cm³/mol. The van der Waals surface area contributed by atoms with Crippen LogP contribution in [0.2, 0.25) is 0 Å². The van der Waals surface area contributed by atoms with Crippen LogP contribution in [0, 0.1) is 0 Å². The van der Waals surface area contributed by atoms with E-state index in [4.69, 9.17) is 5.11 Å². The minimum Gasteiger partial charge on any atom is -0.480 e. The summed E-state index contributed by atoms with van der Waals surface area (Å²) >= 11 is 0. The van der Waals surface area contributed by atoms with E-state index in [1.165, 1.54) is 12.1 Å². The van der Waals surface area contributed by atoms with Crippen LogP contribution in [-0.4, -0.2) is 33.8 Å². The van der Waals surface area contributed by atoms with E-state index in [1.807, 2.05) is 0 Å². The molecular weight excluding hydrogens is 214 g/mol. The Bertz CT molecular complexity index is 548. The van der Waals surface area contributed by atoms with E-state index in [0.717, 1.165) is 0 Å². The molecule has 0 aliphatic carbocycles. The van der Waals surface area contributed by atoms with E-state index in [1.54, 1.807) is 6.07 Å². The van der Waals surface area contributed by atoms with Gasteiger partial charge in [-0.1, -0.05) is 0 Å². The summed E-state index contributed by atoms with van der Waals surface area (Å²) in [4.78, 5) is 21.7. The average molecular weight is 221 g/mol. The van der Waals surface area contributed by atoms with Gasteiger partial charge in [0.2, 0.25) is 0 Å². The van der Waals surface area contributed by atoms with Gasteiger partial charge in [0.1, 0.15) is 17.6 Å². The molecule has 2 aromatic rings. The summed E-state index contributed by atoms with van der Waals surface area (Å²) in [6.07, 6.45) is 0. The molecule has 0 atom stereocenters. The quantitative estimate of drug-likeness (QED) is 0.757. The first-order valence-electron chi connectivity index (χ1n) is 4.39. The van der Waals surface area contributed by atoms with E-state index in [2.05, 4.69) is 20.3 Å². The number of hydrogen-bond acceptors (Lipinski definition) is 5. The molecule has 1 aromatic carbocycles. The van der Waals surface area contributed by atoms with E-state index < -0.39 is 18.4 Å². The van der Waals surface area contributed by atoms with Gasteiger partial charge in [-0.2, -0.15) is 0 Å². The highest BCUT2D eigenvalue weighted by molar-refractivity contribution is 5.98. The number of nitrogens with zero attached hydrogens (tertiary/aromatic N) is 2. The number of hydrogen-bond donors (Lipinski definition) is 2. The maximum atomic E-state index is 11.5. The Labute approximate surface area is 89.0 Å². The van der Waals surface area contributed by atoms with Crippen LogP contribution in [0.15, 0.2) is 22.8 Å².